The largest absolute Gasteiger partial charge is 0.437 e. The van der Waals surface area contributed by atoms with Crippen LogP contribution in [0.15, 0.2) is 54.7 Å². The molecule has 0 saturated carbocycles. The van der Waals surface area contributed by atoms with Crippen LogP contribution < -0.4 is 9.64 Å². The van der Waals surface area contributed by atoms with Crippen LogP contribution in [0.4, 0.5) is 5.69 Å². The van der Waals surface area contributed by atoms with Crippen LogP contribution in [0.25, 0.3) is 33.5 Å². The van der Waals surface area contributed by atoms with Crippen LogP contribution in [0.2, 0.25) is 0 Å². The number of aromatic amines is 2. The lowest BCUT2D eigenvalue weighted by atomic mass is 10.0. The molecule has 1 saturated heterocycles. The molecule has 0 amide bonds. The Morgan fingerprint density at radius 1 is 1.14 bits per heavy atom. The molecule has 1 aliphatic rings. The highest BCUT2D eigenvalue weighted by Gasteiger charge is 2.28. The van der Waals surface area contributed by atoms with Crippen molar-refractivity contribution in [3.05, 3.63) is 66.2 Å². The van der Waals surface area contributed by atoms with E-state index in [0.29, 0.717) is 30.1 Å². The summed E-state index contributed by atoms with van der Waals surface area (Å²) in [5.74, 6) is 3.22. The number of imidazole rings is 1. The molecule has 1 fully saturated rings. The standard InChI is InChI=1S/C28H29N6O2/c1-16(2)24-14-34(18(4)15-35-24)19-8-9-21-22(13-19)31-28(30-21)27-20-6-5-7-23(26(20)32-33-27)36-25-12-17(3)10-11-29-25/h5-13,18,24H,14-15H2,1-4H3,(H,30,31)(H,32,33). The van der Waals surface area contributed by atoms with Gasteiger partial charge in [-0.25, -0.2) is 9.97 Å². The second kappa shape index (κ2) is 8.95. The van der Waals surface area contributed by atoms with Gasteiger partial charge < -0.3 is 19.4 Å². The van der Waals surface area contributed by atoms with Crippen LogP contribution >= 0.6 is 0 Å². The molecule has 8 heteroatoms. The molecule has 2 atom stereocenters. The molecule has 3 aromatic heterocycles. The van der Waals surface area contributed by atoms with Crippen molar-refractivity contribution in [2.24, 2.45) is 0 Å². The molecular formula is C28H29N6O2. The van der Waals surface area contributed by atoms with E-state index < -0.39 is 0 Å². The summed E-state index contributed by atoms with van der Waals surface area (Å²) in [5.41, 5.74) is 5.68. The van der Waals surface area contributed by atoms with Crippen molar-refractivity contribution in [1.82, 2.24) is 25.1 Å². The first-order valence-corrected chi connectivity index (χ1v) is 12.2. The smallest absolute Gasteiger partial charge is 0.219 e. The van der Waals surface area contributed by atoms with Crippen LogP contribution in [0.1, 0.15) is 26.3 Å². The van der Waals surface area contributed by atoms with Gasteiger partial charge in [0, 0.05) is 41.8 Å². The Balaban J connectivity index is 1.33. The maximum absolute atomic E-state index is 6.07. The summed E-state index contributed by atoms with van der Waals surface area (Å²) in [6.07, 6.45) is 1.89. The summed E-state index contributed by atoms with van der Waals surface area (Å²) < 4.78 is 12.1. The molecule has 0 bridgehead atoms. The fourth-order valence-electron chi connectivity index (χ4n) is 4.71. The maximum Gasteiger partial charge on any atom is 0.219 e. The van der Waals surface area contributed by atoms with Crippen molar-refractivity contribution >= 4 is 27.6 Å². The Labute approximate surface area is 209 Å². The number of H-pyrrole nitrogens is 2. The Hall–Kier alpha value is -3.91. The molecule has 36 heavy (non-hydrogen) atoms. The SMILES string of the molecule is C[C](C)C1CN(c2ccc3nc(-c4n[nH]c5c(Oc6cc(C)ccn6)cccc45)[nH]c3c2)C(C)CO1. The number of hydrogen-bond donors (Lipinski definition) is 2. The molecule has 2 N–H and O–H groups in total. The first kappa shape index (κ1) is 22.5. The topological polar surface area (TPSA) is 92.0 Å². The van der Waals surface area contributed by atoms with Crippen molar-refractivity contribution in [3.8, 4) is 23.1 Å². The van der Waals surface area contributed by atoms with Crippen LogP contribution in [-0.2, 0) is 4.74 Å². The number of rotatable bonds is 5. The molecule has 0 spiro atoms. The fourth-order valence-corrected chi connectivity index (χ4v) is 4.71. The molecule has 0 aliphatic carbocycles. The van der Waals surface area contributed by atoms with Gasteiger partial charge in [-0.3, -0.25) is 5.10 Å². The van der Waals surface area contributed by atoms with E-state index in [0.717, 1.165) is 45.4 Å². The highest BCUT2D eigenvalue weighted by atomic mass is 16.5. The van der Waals surface area contributed by atoms with Crippen molar-refractivity contribution in [3.63, 3.8) is 0 Å². The summed E-state index contributed by atoms with van der Waals surface area (Å²) in [6.45, 7) is 10.0. The molecular weight excluding hydrogens is 452 g/mol. The summed E-state index contributed by atoms with van der Waals surface area (Å²) in [4.78, 5) is 15.0. The minimum atomic E-state index is 0.149. The van der Waals surface area contributed by atoms with Crippen LogP contribution in [0, 0.1) is 12.8 Å². The van der Waals surface area contributed by atoms with Gasteiger partial charge in [0.1, 0.15) is 11.2 Å². The van der Waals surface area contributed by atoms with Gasteiger partial charge in [0.15, 0.2) is 11.6 Å². The lowest BCUT2D eigenvalue weighted by Gasteiger charge is -2.41. The van der Waals surface area contributed by atoms with Crippen molar-refractivity contribution < 1.29 is 9.47 Å². The number of anilines is 1. The van der Waals surface area contributed by atoms with Gasteiger partial charge >= 0.3 is 0 Å². The maximum atomic E-state index is 6.07. The molecule has 1 radical (unpaired) electrons. The normalized spacial score (nSPS) is 18.4. The number of hydrogen-bond acceptors (Lipinski definition) is 6. The lowest BCUT2D eigenvalue weighted by Crippen LogP contribution is -2.49. The average Bonchev–Trinajstić information content (AvgIpc) is 3.48. The molecule has 2 aromatic carbocycles. The van der Waals surface area contributed by atoms with Gasteiger partial charge in [0.25, 0.3) is 0 Å². The van der Waals surface area contributed by atoms with E-state index in [1.54, 1.807) is 6.20 Å². The third-order valence-corrected chi connectivity index (χ3v) is 6.76. The van der Waals surface area contributed by atoms with E-state index in [9.17, 15) is 0 Å². The third kappa shape index (κ3) is 4.07. The number of nitrogens with one attached hydrogen (secondary N) is 2. The predicted octanol–water partition coefficient (Wildman–Crippen LogP) is 5.81. The summed E-state index contributed by atoms with van der Waals surface area (Å²) >= 11 is 0. The number of fused-ring (bicyclic) bond motifs is 2. The molecule has 2 unspecified atom stereocenters. The summed E-state index contributed by atoms with van der Waals surface area (Å²) in [7, 11) is 0. The number of ether oxygens (including phenoxy) is 2. The quantitative estimate of drug-likeness (QED) is 0.329. The van der Waals surface area contributed by atoms with Crippen LogP contribution in [0.3, 0.4) is 0 Å². The molecule has 183 valence electrons. The van der Waals surface area contributed by atoms with Crippen molar-refractivity contribution in [2.75, 3.05) is 18.1 Å². The Kier molecular flexibility index (Phi) is 5.60. The van der Waals surface area contributed by atoms with Crippen molar-refractivity contribution in [2.45, 2.75) is 39.8 Å². The molecule has 1 aliphatic heterocycles. The van der Waals surface area contributed by atoms with Gasteiger partial charge in [0.05, 0.1) is 23.7 Å². The number of morpholine rings is 1. The second-order valence-corrected chi connectivity index (χ2v) is 9.71. The Bertz CT molecular complexity index is 1540. The van der Waals surface area contributed by atoms with Crippen LogP contribution in [0.5, 0.6) is 11.6 Å². The number of aryl methyl sites for hydroxylation is 1. The summed E-state index contributed by atoms with van der Waals surface area (Å²) in [6, 6.07) is 16.4. The predicted molar refractivity (Wildman–Crippen MR) is 141 cm³/mol. The number of benzene rings is 2. The molecule has 8 nitrogen and oxygen atoms in total. The van der Waals surface area contributed by atoms with Gasteiger partial charge in [0.2, 0.25) is 5.88 Å². The van der Waals surface area contributed by atoms with E-state index >= 15 is 0 Å². The number of para-hydroxylation sites is 1. The van der Waals surface area contributed by atoms with Gasteiger partial charge in [-0.2, -0.15) is 5.10 Å². The zero-order valence-corrected chi connectivity index (χ0v) is 20.9. The van der Waals surface area contributed by atoms with E-state index in [4.69, 9.17) is 14.5 Å². The van der Waals surface area contributed by atoms with E-state index in [2.05, 4.69) is 64.0 Å². The van der Waals surface area contributed by atoms with Gasteiger partial charge in [-0.05, 0) is 49.7 Å². The first-order valence-electron chi connectivity index (χ1n) is 12.2. The van der Waals surface area contributed by atoms with E-state index in [1.165, 1.54) is 5.92 Å². The minimum Gasteiger partial charge on any atom is -0.437 e. The highest BCUT2D eigenvalue weighted by molar-refractivity contribution is 5.96. The van der Waals surface area contributed by atoms with Crippen molar-refractivity contribution in [1.29, 1.82) is 0 Å². The van der Waals surface area contributed by atoms with E-state index in [1.807, 2.05) is 37.3 Å². The Morgan fingerprint density at radius 3 is 2.86 bits per heavy atom. The van der Waals surface area contributed by atoms with Gasteiger partial charge in [-0.1, -0.05) is 26.0 Å². The molecule has 4 heterocycles. The fraction of sp³-hybridized carbons (Fsp3) is 0.286. The second-order valence-electron chi connectivity index (χ2n) is 9.71. The lowest BCUT2D eigenvalue weighted by molar-refractivity contribution is 0.0323. The number of aromatic nitrogens is 5. The molecule has 5 aromatic rings. The zero-order valence-electron chi connectivity index (χ0n) is 20.9. The number of pyridine rings is 1. The number of nitrogens with zero attached hydrogens (tertiary/aromatic N) is 4. The van der Waals surface area contributed by atoms with Crippen LogP contribution in [-0.4, -0.2) is 50.4 Å². The van der Waals surface area contributed by atoms with E-state index in [-0.39, 0.29) is 6.10 Å². The third-order valence-electron chi connectivity index (χ3n) is 6.76. The van der Waals surface area contributed by atoms with Gasteiger partial charge in [-0.15, -0.1) is 0 Å². The average molecular weight is 482 g/mol. The minimum absolute atomic E-state index is 0.149. The zero-order chi connectivity index (χ0) is 24.8. The highest BCUT2D eigenvalue weighted by Crippen LogP contribution is 2.34. The monoisotopic (exact) mass is 481 g/mol. The first-order chi connectivity index (χ1) is 17.5. The summed E-state index contributed by atoms with van der Waals surface area (Å²) in [5, 5.41) is 8.65. The Morgan fingerprint density at radius 2 is 2.03 bits per heavy atom. The molecule has 6 rings (SSSR count).